The number of rotatable bonds is 1. The molecule has 0 N–H and O–H groups in total. The third-order valence-electron chi connectivity index (χ3n) is 2.66. The smallest absolute Gasteiger partial charge is 0.164 e. The minimum Gasteiger partial charge on any atom is -0.624 e. The monoisotopic (exact) mass is 183 g/mol. The zero-order valence-corrected chi connectivity index (χ0v) is 9.05. The lowest BCUT2D eigenvalue weighted by molar-refractivity contribution is -0.533. The van der Waals surface area contributed by atoms with Crippen LogP contribution in [0.2, 0.25) is 0 Å². The SMILES string of the molecule is CC(C)(C)/[N+]([O-])=C/C1CCCCC1. The van der Waals surface area contributed by atoms with Crippen LogP contribution in [0.3, 0.4) is 0 Å². The summed E-state index contributed by atoms with van der Waals surface area (Å²) in [5.74, 6) is 0.533. The summed E-state index contributed by atoms with van der Waals surface area (Å²) in [6.07, 6.45) is 8.22. The van der Waals surface area contributed by atoms with Crippen LogP contribution in [0.25, 0.3) is 0 Å². The van der Waals surface area contributed by atoms with Gasteiger partial charge in [-0.15, -0.1) is 0 Å². The van der Waals surface area contributed by atoms with Gasteiger partial charge in [0.15, 0.2) is 11.8 Å². The Hall–Kier alpha value is -0.530. The molecular formula is C11H21NO. The van der Waals surface area contributed by atoms with Crippen molar-refractivity contribution in [2.24, 2.45) is 5.92 Å². The van der Waals surface area contributed by atoms with Crippen LogP contribution in [0.15, 0.2) is 0 Å². The Morgan fingerprint density at radius 1 is 1.15 bits per heavy atom. The van der Waals surface area contributed by atoms with E-state index in [0.717, 1.165) is 4.74 Å². The van der Waals surface area contributed by atoms with Gasteiger partial charge >= 0.3 is 0 Å². The molecule has 76 valence electrons. The third-order valence-corrected chi connectivity index (χ3v) is 2.66. The second kappa shape index (κ2) is 4.12. The van der Waals surface area contributed by atoms with E-state index in [4.69, 9.17) is 0 Å². The Bertz CT molecular complexity index is 185. The topological polar surface area (TPSA) is 26.1 Å². The molecule has 0 aromatic carbocycles. The van der Waals surface area contributed by atoms with Crippen molar-refractivity contribution < 1.29 is 4.74 Å². The Balaban J connectivity index is 2.53. The van der Waals surface area contributed by atoms with Crippen LogP contribution in [-0.2, 0) is 0 Å². The first kappa shape index (κ1) is 10.6. The highest BCUT2D eigenvalue weighted by Gasteiger charge is 2.21. The van der Waals surface area contributed by atoms with Crippen LogP contribution < -0.4 is 0 Å². The lowest BCUT2D eigenvalue weighted by Gasteiger charge is -2.22. The molecule has 1 fully saturated rings. The van der Waals surface area contributed by atoms with E-state index in [0.29, 0.717) is 5.92 Å². The predicted octanol–water partition coefficient (Wildman–Crippen LogP) is 2.95. The summed E-state index contributed by atoms with van der Waals surface area (Å²) in [4.78, 5) is 0. The number of hydroxylamine groups is 1. The van der Waals surface area contributed by atoms with Crippen LogP contribution in [0, 0.1) is 11.1 Å². The van der Waals surface area contributed by atoms with E-state index in [1.807, 2.05) is 27.0 Å². The highest BCUT2D eigenvalue weighted by Crippen LogP contribution is 2.22. The normalized spacial score (nSPS) is 21.9. The maximum Gasteiger partial charge on any atom is 0.164 e. The van der Waals surface area contributed by atoms with Crippen molar-refractivity contribution in [1.29, 1.82) is 0 Å². The highest BCUT2D eigenvalue weighted by molar-refractivity contribution is 5.55. The van der Waals surface area contributed by atoms with Gasteiger partial charge in [0.2, 0.25) is 0 Å². The van der Waals surface area contributed by atoms with Crippen molar-refractivity contribution in [2.45, 2.75) is 58.4 Å². The Morgan fingerprint density at radius 2 is 1.69 bits per heavy atom. The molecule has 0 saturated heterocycles. The zero-order chi connectivity index (χ0) is 9.90. The fraction of sp³-hybridized carbons (Fsp3) is 0.909. The molecule has 2 heteroatoms. The Kier molecular flexibility index (Phi) is 3.34. The minimum absolute atomic E-state index is 0.266. The van der Waals surface area contributed by atoms with E-state index >= 15 is 0 Å². The fourth-order valence-corrected chi connectivity index (χ4v) is 1.70. The first-order chi connectivity index (χ1) is 6.00. The van der Waals surface area contributed by atoms with E-state index in [1.54, 1.807) is 0 Å². The average molecular weight is 183 g/mol. The summed E-state index contributed by atoms with van der Waals surface area (Å²) < 4.78 is 1.13. The molecule has 0 unspecified atom stereocenters. The van der Waals surface area contributed by atoms with Crippen molar-refractivity contribution in [3.63, 3.8) is 0 Å². The number of nitrogens with zero attached hydrogens (tertiary/aromatic N) is 1. The van der Waals surface area contributed by atoms with Gasteiger partial charge < -0.3 is 5.21 Å². The lowest BCUT2D eigenvalue weighted by atomic mass is 9.90. The maximum absolute atomic E-state index is 11.6. The van der Waals surface area contributed by atoms with Crippen LogP contribution in [-0.4, -0.2) is 16.5 Å². The summed E-state index contributed by atoms with van der Waals surface area (Å²) >= 11 is 0. The minimum atomic E-state index is -0.266. The second-order valence-electron chi connectivity index (χ2n) is 5.04. The zero-order valence-electron chi connectivity index (χ0n) is 9.05. The summed E-state index contributed by atoms with van der Waals surface area (Å²) in [5, 5.41) is 11.6. The molecule has 1 aliphatic rings. The molecule has 0 spiro atoms. The van der Waals surface area contributed by atoms with Gasteiger partial charge in [0.25, 0.3) is 0 Å². The van der Waals surface area contributed by atoms with Gasteiger partial charge in [-0.25, -0.2) is 4.74 Å². The van der Waals surface area contributed by atoms with Crippen molar-refractivity contribution in [3.05, 3.63) is 5.21 Å². The highest BCUT2D eigenvalue weighted by atomic mass is 16.5. The van der Waals surface area contributed by atoms with Crippen molar-refractivity contribution in [1.82, 2.24) is 0 Å². The molecule has 0 amide bonds. The molecule has 1 rings (SSSR count). The van der Waals surface area contributed by atoms with Crippen molar-refractivity contribution in [3.8, 4) is 0 Å². The second-order valence-corrected chi connectivity index (χ2v) is 5.04. The lowest BCUT2D eigenvalue weighted by Crippen LogP contribution is -2.31. The van der Waals surface area contributed by atoms with Gasteiger partial charge in [0.1, 0.15) is 0 Å². The van der Waals surface area contributed by atoms with Crippen molar-refractivity contribution in [2.75, 3.05) is 0 Å². The molecule has 2 nitrogen and oxygen atoms in total. The van der Waals surface area contributed by atoms with Crippen LogP contribution in [0.4, 0.5) is 0 Å². The van der Waals surface area contributed by atoms with E-state index in [1.165, 1.54) is 32.1 Å². The summed E-state index contributed by atoms with van der Waals surface area (Å²) in [6, 6.07) is 0. The Morgan fingerprint density at radius 3 is 2.15 bits per heavy atom. The number of hydrogen-bond acceptors (Lipinski definition) is 1. The first-order valence-corrected chi connectivity index (χ1v) is 5.31. The van der Waals surface area contributed by atoms with Gasteiger partial charge in [-0.1, -0.05) is 19.3 Å². The van der Waals surface area contributed by atoms with Gasteiger partial charge in [0.05, 0.1) is 0 Å². The maximum atomic E-state index is 11.6. The number of hydrogen-bond donors (Lipinski definition) is 0. The molecule has 0 aliphatic heterocycles. The molecule has 0 radical (unpaired) electrons. The Labute approximate surface area is 81.2 Å². The summed E-state index contributed by atoms with van der Waals surface area (Å²) in [5.41, 5.74) is -0.266. The molecular weight excluding hydrogens is 162 g/mol. The van der Waals surface area contributed by atoms with E-state index in [-0.39, 0.29) is 5.54 Å². The molecule has 0 atom stereocenters. The quantitative estimate of drug-likeness (QED) is 0.266. The largest absolute Gasteiger partial charge is 0.624 e. The van der Waals surface area contributed by atoms with Gasteiger partial charge in [-0.05, 0) is 12.8 Å². The molecule has 0 aromatic heterocycles. The van der Waals surface area contributed by atoms with E-state index < -0.39 is 0 Å². The molecule has 1 aliphatic carbocycles. The summed E-state index contributed by atoms with van der Waals surface area (Å²) in [6.45, 7) is 5.87. The first-order valence-electron chi connectivity index (χ1n) is 5.31. The molecule has 0 heterocycles. The standard InChI is InChI=1S/C11H21NO/c1-11(2,3)12(13)9-10-7-5-4-6-8-10/h9-10H,4-8H2,1-3H3/b12-9-. The molecule has 0 aromatic rings. The predicted molar refractivity (Wildman–Crippen MR) is 56.0 cm³/mol. The van der Waals surface area contributed by atoms with E-state index in [2.05, 4.69) is 0 Å². The van der Waals surface area contributed by atoms with Crippen LogP contribution in [0.1, 0.15) is 52.9 Å². The van der Waals surface area contributed by atoms with Crippen LogP contribution >= 0.6 is 0 Å². The third kappa shape index (κ3) is 3.37. The van der Waals surface area contributed by atoms with Crippen molar-refractivity contribution >= 4 is 6.21 Å². The van der Waals surface area contributed by atoms with Gasteiger partial charge in [0, 0.05) is 26.7 Å². The van der Waals surface area contributed by atoms with Gasteiger partial charge in [-0.2, -0.15) is 0 Å². The van der Waals surface area contributed by atoms with E-state index in [9.17, 15) is 5.21 Å². The molecule has 1 saturated carbocycles. The van der Waals surface area contributed by atoms with Crippen LogP contribution in [0.5, 0.6) is 0 Å². The molecule has 0 bridgehead atoms. The fourth-order valence-electron chi connectivity index (χ4n) is 1.70. The van der Waals surface area contributed by atoms with Gasteiger partial charge in [-0.3, -0.25) is 0 Å². The average Bonchev–Trinajstić information content (AvgIpc) is 2.04. The summed E-state index contributed by atoms with van der Waals surface area (Å²) in [7, 11) is 0. The molecule has 13 heavy (non-hydrogen) atoms.